The van der Waals surface area contributed by atoms with Gasteiger partial charge in [-0.15, -0.1) is 0 Å². The number of carbonyl (C=O) groups is 3. The molecule has 0 bridgehead atoms. The van der Waals surface area contributed by atoms with Crippen LogP contribution in [0.1, 0.15) is 23.6 Å². The number of hydrogen-bond acceptors (Lipinski definition) is 5. The van der Waals surface area contributed by atoms with Crippen molar-refractivity contribution in [3.63, 3.8) is 0 Å². The molecule has 28 heavy (non-hydrogen) atoms. The quantitative estimate of drug-likeness (QED) is 0.753. The number of nitrogens with zero attached hydrogens (tertiary/aromatic N) is 1. The molecule has 1 saturated heterocycles. The summed E-state index contributed by atoms with van der Waals surface area (Å²) in [6.45, 7) is 5.31. The van der Waals surface area contributed by atoms with Crippen LogP contribution >= 0.6 is 11.8 Å². The molecule has 1 aliphatic rings. The number of carboxylic acids is 1. The van der Waals surface area contributed by atoms with E-state index in [9.17, 15) is 14.4 Å². The monoisotopic (exact) mass is 397 g/mol. The number of amides is 2. The molecular weight excluding hydrogens is 378 g/mol. The van der Waals surface area contributed by atoms with Gasteiger partial charge in [0.05, 0.1) is 10.6 Å². The van der Waals surface area contributed by atoms with Gasteiger partial charge in [0.1, 0.15) is 5.75 Å². The fourth-order valence-corrected chi connectivity index (χ4v) is 3.48. The number of anilines is 1. The third-order valence-corrected chi connectivity index (χ3v) is 5.27. The second kappa shape index (κ2) is 7.90. The van der Waals surface area contributed by atoms with Gasteiger partial charge in [-0.25, -0.2) is 9.69 Å². The number of carbonyl (C=O) groups excluding carboxylic acids is 2. The lowest BCUT2D eigenvalue weighted by molar-refractivity contribution is -0.144. The Labute approximate surface area is 166 Å². The lowest BCUT2D eigenvalue weighted by Gasteiger charge is -2.14. The average Bonchev–Trinajstić information content (AvgIpc) is 2.92. The number of thioether (sulfide) groups is 1. The molecule has 0 spiro atoms. The van der Waals surface area contributed by atoms with Crippen molar-refractivity contribution in [2.24, 2.45) is 0 Å². The van der Waals surface area contributed by atoms with Gasteiger partial charge in [0, 0.05) is 5.56 Å². The van der Waals surface area contributed by atoms with Gasteiger partial charge in [-0.3, -0.25) is 9.59 Å². The SMILES string of the molecule is Cc1ccc(N2C(=O)S/C(=C/c3ccccc3OC(C)C(=O)O)C2=O)cc1C. The van der Waals surface area contributed by atoms with Crippen LogP contribution in [0.25, 0.3) is 6.08 Å². The molecule has 2 aromatic carbocycles. The Balaban J connectivity index is 1.92. The Kier molecular flexibility index (Phi) is 5.56. The predicted molar refractivity (Wildman–Crippen MR) is 109 cm³/mol. The highest BCUT2D eigenvalue weighted by Gasteiger charge is 2.36. The van der Waals surface area contributed by atoms with E-state index in [4.69, 9.17) is 9.84 Å². The standard InChI is InChI=1S/C21H19NO5S/c1-12-8-9-16(10-13(12)2)22-19(23)18(28-21(22)26)11-15-6-4-5-7-17(15)27-14(3)20(24)25/h4-11,14H,1-3H3,(H,24,25)/b18-11+. The van der Waals surface area contributed by atoms with Gasteiger partial charge >= 0.3 is 5.97 Å². The van der Waals surface area contributed by atoms with Gasteiger partial charge in [0.2, 0.25) is 0 Å². The van der Waals surface area contributed by atoms with Crippen molar-refractivity contribution in [2.45, 2.75) is 26.9 Å². The molecule has 1 unspecified atom stereocenters. The summed E-state index contributed by atoms with van der Waals surface area (Å²) in [5, 5.41) is 8.67. The predicted octanol–water partition coefficient (Wildman–Crippen LogP) is 4.40. The first-order valence-electron chi connectivity index (χ1n) is 8.61. The number of carboxylic acid groups (broad SMARTS) is 1. The molecular formula is C21H19NO5S. The molecule has 6 nitrogen and oxygen atoms in total. The zero-order valence-electron chi connectivity index (χ0n) is 15.6. The Morgan fingerprint density at radius 2 is 1.86 bits per heavy atom. The molecule has 144 valence electrons. The van der Waals surface area contributed by atoms with E-state index in [1.165, 1.54) is 6.92 Å². The van der Waals surface area contributed by atoms with E-state index in [-0.39, 0.29) is 10.1 Å². The molecule has 2 amide bonds. The Bertz CT molecular complexity index is 998. The van der Waals surface area contributed by atoms with E-state index < -0.39 is 18.0 Å². The summed E-state index contributed by atoms with van der Waals surface area (Å²) in [7, 11) is 0. The second-order valence-electron chi connectivity index (χ2n) is 6.42. The van der Waals surface area contributed by atoms with Crippen LogP contribution in [-0.4, -0.2) is 28.3 Å². The second-order valence-corrected chi connectivity index (χ2v) is 7.42. The van der Waals surface area contributed by atoms with Gasteiger partial charge in [0.15, 0.2) is 6.10 Å². The van der Waals surface area contributed by atoms with Gasteiger partial charge in [-0.2, -0.15) is 0 Å². The summed E-state index contributed by atoms with van der Waals surface area (Å²) in [6, 6.07) is 12.2. The van der Waals surface area contributed by atoms with Gasteiger partial charge < -0.3 is 9.84 Å². The summed E-state index contributed by atoms with van der Waals surface area (Å²) >= 11 is 0.842. The van der Waals surface area contributed by atoms with E-state index in [1.54, 1.807) is 42.5 Å². The van der Waals surface area contributed by atoms with Gasteiger partial charge in [-0.05, 0) is 67.9 Å². The molecule has 7 heteroatoms. The number of imide groups is 1. The zero-order chi connectivity index (χ0) is 20.4. The lowest BCUT2D eigenvalue weighted by atomic mass is 10.1. The molecule has 0 aromatic heterocycles. The van der Waals surface area contributed by atoms with E-state index >= 15 is 0 Å². The maximum atomic E-state index is 12.8. The number of ether oxygens (including phenoxy) is 1. The van der Waals surface area contributed by atoms with Crippen molar-refractivity contribution >= 4 is 40.6 Å². The van der Waals surface area contributed by atoms with Crippen molar-refractivity contribution in [2.75, 3.05) is 4.90 Å². The Morgan fingerprint density at radius 1 is 1.14 bits per heavy atom. The third kappa shape index (κ3) is 3.94. The highest BCUT2D eigenvalue weighted by atomic mass is 32.2. The van der Waals surface area contributed by atoms with E-state index in [2.05, 4.69) is 0 Å². The number of hydrogen-bond donors (Lipinski definition) is 1. The molecule has 3 rings (SSSR count). The fourth-order valence-electron chi connectivity index (χ4n) is 2.64. The number of aliphatic carboxylic acids is 1. The minimum atomic E-state index is -1.09. The van der Waals surface area contributed by atoms with Crippen LogP contribution in [0, 0.1) is 13.8 Å². The maximum absolute atomic E-state index is 12.8. The van der Waals surface area contributed by atoms with Gasteiger partial charge in [0.25, 0.3) is 11.1 Å². The van der Waals surface area contributed by atoms with Crippen LogP contribution in [0.15, 0.2) is 47.4 Å². The topological polar surface area (TPSA) is 83.9 Å². The van der Waals surface area contributed by atoms with Crippen molar-refractivity contribution in [1.82, 2.24) is 0 Å². The molecule has 0 aliphatic carbocycles. The number of aryl methyl sites for hydroxylation is 2. The van der Waals surface area contributed by atoms with Crippen LogP contribution in [0.4, 0.5) is 10.5 Å². The minimum Gasteiger partial charge on any atom is -0.479 e. The van der Waals surface area contributed by atoms with Crippen molar-refractivity contribution < 1.29 is 24.2 Å². The molecule has 2 aromatic rings. The van der Waals surface area contributed by atoms with Crippen LogP contribution in [0.2, 0.25) is 0 Å². The summed E-state index contributed by atoms with van der Waals surface area (Å²) in [5.74, 6) is -1.18. The number of para-hydroxylation sites is 1. The first-order chi connectivity index (χ1) is 13.3. The number of rotatable bonds is 5. The molecule has 1 heterocycles. The Hall–Kier alpha value is -3.06. The third-order valence-electron chi connectivity index (χ3n) is 4.40. The molecule has 1 fully saturated rings. The molecule has 1 N–H and O–H groups in total. The highest BCUT2D eigenvalue weighted by Crippen LogP contribution is 2.37. The Morgan fingerprint density at radius 3 is 2.54 bits per heavy atom. The average molecular weight is 397 g/mol. The fraction of sp³-hybridized carbons (Fsp3) is 0.190. The van der Waals surface area contributed by atoms with Crippen LogP contribution in [-0.2, 0) is 9.59 Å². The molecule has 1 atom stereocenters. The first kappa shape index (κ1) is 19.7. The van der Waals surface area contributed by atoms with Gasteiger partial charge in [-0.1, -0.05) is 24.3 Å². The van der Waals surface area contributed by atoms with Crippen LogP contribution in [0.3, 0.4) is 0 Å². The largest absolute Gasteiger partial charge is 0.479 e. The van der Waals surface area contributed by atoms with Crippen molar-refractivity contribution in [3.05, 3.63) is 64.1 Å². The van der Waals surface area contributed by atoms with E-state index in [1.807, 2.05) is 19.9 Å². The first-order valence-corrected chi connectivity index (χ1v) is 9.43. The summed E-state index contributed by atoms with van der Waals surface area (Å²) in [5.41, 5.74) is 3.12. The van der Waals surface area contributed by atoms with E-state index in [0.29, 0.717) is 17.0 Å². The molecule has 0 radical (unpaired) electrons. The maximum Gasteiger partial charge on any atom is 0.344 e. The zero-order valence-corrected chi connectivity index (χ0v) is 16.4. The van der Waals surface area contributed by atoms with E-state index in [0.717, 1.165) is 27.8 Å². The highest BCUT2D eigenvalue weighted by molar-refractivity contribution is 8.19. The van der Waals surface area contributed by atoms with Crippen molar-refractivity contribution in [1.29, 1.82) is 0 Å². The van der Waals surface area contributed by atoms with Crippen molar-refractivity contribution in [3.8, 4) is 5.75 Å². The molecule has 1 aliphatic heterocycles. The summed E-state index contributed by atoms with van der Waals surface area (Å²) in [4.78, 5) is 37.7. The number of benzene rings is 2. The smallest absolute Gasteiger partial charge is 0.344 e. The van der Waals surface area contributed by atoms with Crippen LogP contribution in [0.5, 0.6) is 5.75 Å². The summed E-state index contributed by atoms with van der Waals surface area (Å²) in [6.07, 6.45) is 0.510. The lowest BCUT2D eigenvalue weighted by Crippen LogP contribution is -2.27. The van der Waals surface area contributed by atoms with Crippen LogP contribution < -0.4 is 9.64 Å². The molecule has 0 saturated carbocycles. The summed E-state index contributed by atoms with van der Waals surface area (Å²) < 4.78 is 5.46. The normalized spacial score (nSPS) is 16.5. The minimum absolute atomic E-state index is 0.252.